The average Bonchev–Trinajstić information content (AvgIpc) is 3.15. The summed E-state index contributed by atoms with van der Waals surface area (Å²) in [4.78, 5) is 2.44. The van der Waals surface area contributed by atoms with Gasteiger partial charge in [0.1, 0.15) is 0 Å². The Kier molecular flexibility index (Phi) is 8.61. The molecule has 1 saturated carbocycles. The fraction of sp³-hybridized carbons (Fsp3) is 0.517. The molecule has 0 spiro atoms. The van der Waals surface area contributed by atoms with E-state index in [4.69, 9.17) is 0 Å². The second-order valence-electron chi connectivity index (χ2n) is 9.18. The van der Waals surface area contributed by atoms with Gasteiger partial charge in [0.15, 0.2) is 0 Å². The van der Waals surface area contributed by atoms with Crippen LogP contribution in [0.25, 0.3) is 0 Å². The Balaban J connectivity index is 0.000000178. The molecule has 162 valence electrons. The molecule has 30 heavy (non-hydrogen) atoms. The molecule has 1 fully saturated rings. The molecule has 4 aliphatic rings. The van der Waals surface area contributed by atoms with Crippen LogP contribution < -0.4 is 0 Å². The molecule has 1 heteroatoms. The standard InChI is InChI=1S/C16H21N.C13H20/c1-3-6-16-15-11-12-7-4-5-8-13(12)14(15)9-10-17(16)2;1-3-7-12(2)10-11-13-8-5-4-6-9-13/h4-5,7-9,12-13H,3,6,10-11H2,1-2H3;4-5,8,10H,3,6-7,9,11H2,1-2H3/b;12-10-. The summed E-state index contributed by atoms with van der Waals surface area (Å²) in [5.41, 5.74) is 7.99. The van der Waals surface area contributed by atoms with Crippen LogP contribution in [0.3, 0.4) is 0 Å². The van der Waals surface area contributed by atoms with Crippen LogP contribution >= 0.6 is 0 Å². The predicted octanol–water partition coefficient (Wildman–Crippen LogP) is 8.07. The zero-order valence-corrected chi connectivity index (χ0v) is 19.7. The van der Waals surface area contributed by atoms with Gasteiger partial charge in [-0.1, -0.05) is 92.5 Å². The van der Waals surface area contributed by atoms with Gasteiger partial charge in [-0.15, -0.1) is 0 Å². The van der Waals surface area contributed by atoms with Gasteiger partial charge in [-0.25, -0.2) is 0 Å². The van der Waals surface area contributed by atoms with Gasteiger partial charge in [0, 0.05) is 25.2 Å². The Bertz CT molecular complexity index is 796. The van der Waals surface area contributed by atoms with E-state index >= 15 is 0 Å². The lowest BCUT2D eigenvalue weighted by Gasteiger charge is -2.29. The first-order valence-corrected chi connectivity index (χ1v) is 12.1. The third-order valence-corrected chi connectivity index (χ3v) is 6.73. The molecule has 0 aromatic heterocycles. The van der Waals surface area contributed by atoms with Crippen molar-refractivity contribution < 1.29 is 0 Å². The minimum atomic E-state index is 0.663. The van der Waals surface area contributed by atoms with Gasteiger partial charge in [0.25, 0.3) is 0 Å². The molecule has 1 nitrogen and oxygen atoms in total. The van der Waals surface area contributed by atoms with Crippen LogP contribution in [-0.2, 0) is 0 Å². The van der Waals surface area contributed by atoms with Gasteiger partial charge in [0.05, 0.1) is 0 Å². The van der Waals surface area contributed by atoms with Crippen molar-refractivity contribution in [2.24, 2.45) is 11.8 Å². The predicted molar refractivity (Wildman–Crippen MR) is 132 cm³/mol. The minimum absolute atomic E-state index is 0.663. The first-order valence-electron chi connectivity index (χ1n) is 12.1. The van der Waals surface area contributed by atoms with E-state index in [2.05, 4.69) is 87.4 Å². The van der Waals surface area contributed by atoms with E-state index in [0.29, 0.717) is 5.92 Å². The van der Waals surface area contributed by atoms with E-state index in [-0.39, 0.29) is 0 Å². The highest BCUT2D eigenvalue weighted by Gasteiger charge is 2.36. The Morgan fingerprint density at radius 3 is 2.70 bits per heavy atom. The highest BCUT2D eigenvalue weighted by Crippen LogP contribution is 2.47. The number of likely N-dealkylation sites (N-methyl/N-ethyl adjacent to an activating group) is 1. The van der Waals surface area contributed by atoms with Crippen molar-refractivity contribution >= 4 is 0 Å². The lowest BCUT2D eigenvalue weighted by molar-refractivity contribution is 0.427. The number of fused-ring (bicyclic) bond motifs is 3. The maximum absolute atomic E-state index is 2.45. The minimum Gasteiger partial charge on any atom is -0.374 e. The number of hydrogen-bond donors (Lipinski definition) is 0. The van der Waals surface area contributed by atoms with Crippen LogP contribution in [0.4, 0.5) is 0 Å². The lowest BCUT2D eigenvalue weighted by atomic mass is 9.88. The average molecular weight is 404 g/mol. The molecule has 3 aliphatic carbocycles. The molecule has 1 aliphatic heterocycles. The second kappa shape index (κ2) is 11.4. The fourth-order valence-corrected chi connectivity index (χ4v) is 5.06. The summed E-state index contributed by atoms with van der Waals surface area (Å²) in [6.07, 6.45) is 30.6. The Morgan fingerprint density at radius 1 is 1.13 bits per heavy atom. The van der Waals surface area contributed by atoms with Crippen molar-refractivity contribution in [2.75, 3.05) is 13.6 Å². The SMILES string of the molecule is CCC/C(C)=C\CC1=CC=CCC1.CCCC1=C2CC3C=CC=CC3C2=CCN1C. The van der Waals surface area contributed by atoms with E-state index in [1.165, 1.54) is 50.5 Å². The molecule has 1 heterocycles. The van der Waals surface area contributed by atoms with Crippen molar-refractivity contribution in [3.63, 3.8) is 0 Å². The molecule has 2 unspecified atom stereocenters. The molecule has 0 saturated heterocycles. The van der Waals surface area contributed by atoms with Crippen LogP contribution in [0.2, 0.25) is 0 Å². The van der Waals surface area contributed by atoms with Crippen LogP contribution in [0.15, 0.2) is 82.7 Å². The molecule has 0 radical (unpaired) electrons. The zero-order chi connectivity index (χ0) is 21.3. The van der Waals surface area contributed by atoms with Crippen molar-refractivity contribution in [3.8, 4) is 0 Å². The van der Waals surface area contributed by atoms with Gasteiger partial charge < -0.3 is 4.90 Å². The summed E-state index contributed by atoms with van der Waals surface area (Å²) in [7, 11) is 2.24. The van der Waals surface area contributed by atoms with Gasteiger partial charge in [-0.05, 0) is 62.5 Å². The Labute approximate surface area is 185 Å². The molecule has 4 rings (SSSR count). The van der Waals surface area contributed by atoms with Crippen LogP contribution in [-0.4, -0.2) is 18.5 Å². The highest BCUT2D eigenvalue weighted by atomic mass is 15.1. The van der Waals surface area contributed by atoms with Crippen molar-refractivity contribution in [3.05, 3.63) is 82.7 Å². The monoisotopic (exact) mass is 403 g/mol. The van der Waals surface area contributed by atoms with Crippen LogP contribution in [0, 0.1) is 11.8 Å². The van der Waals surface area contributed by atoms with E-state index in [1.807, 2.05) is 0 Å². The Hall–Kier alpha value is -2.02. The fourth-order valence-electron chi connectivity index (χ4n) is 5.06. The van der Waals surface area contributed by atoms with E-state index < -0.39 is 0 Å². The third kappa shape index (κ3) is 5.78. The van der Waals surface area contributed by atoms with Crippen LogP contribution in [0.1, 0.15) is 72.1 Å². The molecule has 0 amide bonds. The lowest BCUT2D eigenvalue weighted by Crippen LogP contribution is -2.23. The summed E-state index contributed by atoms with van der Waals surface area (Å²) in [5, 5.41) is 0. The first-order chi connectivity index (χ1) is 14.6. The van der Waals surface area contributed by atoms with Crippen molar-refractivity contribution in [1.82, 2.24) is 4.90 Å². The number of nitrogens with zero attached hydrogens (tertiary/aromatic N) is 1. The van der Waals surface area contributed by atoms with Gasteiger partial charge >= 0.3 is 0 Å². The molecule has 0 N–H and O–H groups in total. The smallest absolute Gasteiger partial charge is 0.0359 e. The molecular formula is C29H41N. The van der Waals surface area contributed by atoms with Crippen LogP contribution in [0.5, 0.6) is 0 Å². The van der Waals surface area contributed by atoms with E-state index in [1.54, 1.807) is 22.4 Å². The van der Waals surface area contributed by atoms with E-state index in [0.717, 1.165) is 18.9 Å². The number of rotatable bonds is 6. The first kappa shape index (κ1) is 22.7. The largest absolute Gasteiger partial charge is 0.374 e. The highest BCUT2D eigenvalue weighted by molar-refractivity contribution is 5.49. The van der Waals surface area contributed by atoms with Crippen molar-refractivity contribution in [1.29, 1.82) is 0 Å². The van der Waals surface area contributed by atoms with Gasteiger partial charge in [0.2, 0.25) is 0 Å². The van der Waals surface area contributed by atoms with Gasteiger partial charge in [-0.2, -0.15) is 0 Å². The van der Waals surface area contributed by atoms with Gasteiger partial charge in [-0.3, -0.25) is 0 Å². The molecule has 2 atom stereocenters. The Morgan fingerprint density at radius 2 is 1.97 bits per heavy atom. The summed E-state index contributed by atoms with van der Waals surface area (Å²) in [6.45, 7) is 7.85. The quantitative estimate of drug-likeness (QED) is 0.405. The normalized spacial score (nSPS) is 24.8. The summed E-state index contributed by atoms with van der Waals surface area (Å²) in [6, 6.07) is 0. The topological polar surface area (TPSA) is 3.24 Å². The molecule has 0 aromatic rings. The number of hydrogen-bond acceptors (Lipinski definition) is 1. The third-order valence-electron chi connectivity index (χ3n) is 6.73. The van der Waals surface area contributed by atoms with Crippen molar-refractivity contribution in [2.45, 2.75) is 72.1 Å². The summed E-state index contributed by atoms with van der Waals surface area (Å²) >= 11 is 0. The second-order valence-corrected chi connectivity index (χ2v) is 9.18. The maximum Gasteiger partial charge on any atom is 0.0359 e. The zero-order valence-electron chi connectivity index (χ0n) is 19.7. The molecular weight excluding hydrogens is 362 g/mol. The summed E-state index contributed by atoms with van der Waals surface area (Å²) in [5.74, 6) is 1.38. The summed E-state index contributed by atoms with van der Waals surface area (Å²) < 4.78 is 0. The molecule has 0 bridgehead atoms. The molecule has 0 aromatic carbocycles. The van der Waals surface area contributed by atoms with E-state index in [9.17, 15) is 0 Å². The number of allylic oxidation sites excluding steroid dienone is 13. The maximum atomic E-state index is 2.45.